The summed E-state index contributed by atoms with van der Waals surface area (Å²) in [4.78, 5) is 2.41. The molecule has 2 N–H and O–H groups in total. The van der Waals surface area contributed by atoms with Crippen LogP contribution in [0.1, 0.15) is 25.7 Å². The molecule has 3 heteroatoms. The molecule has 13 heavy (non-hydrogen) atoms. The van der Waals surface area contributed by atoms with E-state index in [1.165, 1.54) is 25.8 Å². The summed E-state index contributed by atoms with van der Waals surface area (Å²) in [5.41, 5.74) is 5.38. The second-order valence-electron chi connectivity index (χ2n) is 3.85. The molecule has 3 nitrogen and oxygen atoms in total. The fourth-order valence-corrected chi connectivity index (χ4v) is 1.76. The summed E-state index contributed by atoms with van der Waals surface area (Å²) in [6.07, 6.45) is 4.97. The number of piperidine rings is 1. The molecule has 1 fully saturated rings. The number of rotatable bonds is 5. The van der Waals surface area contributed by atoms with Gasteiger partial charge in [0.1, 0.15) is 0 Å². The summed E-state index contributed by atoms with van der Waals surface area (Å²) >= 11 is 0. The molecule has 1 aliphatic heterocycles. The van der Waals surface area contributed by atoms with E-state index >= 15 is 0 Å². The minimum Gasteiger partial charge on any atom is -0.380 e. The lowest BCUT2D eigenvalue weighted by Crippen LogP contribution is -2.39. The standard InChI is InChI=1S/C10H22N2O/c1-12-7-3-2-5-10(12)9-13-8-4-6-11/h10H,2-9,11H2,1H3. The lowest BCUT2D eigenvalue weighted by molar-refractivity contribution is 0.0526. The quantitative estimate of drug-likeness (QED) is 0.647. The van der Waals surface area contributed by atoms with Crippen LogP contribution in [0.2, 0.25) is 0 Å². The average molecular weight is 186 g/mol. The van der Waals surface area contributed by atoms with Gasteiger partial charge in [0, 0.05) is 12.6 Å². The van der Waals surface area contributed by atoms with Gasteiger partial charge in [-0.15, -0.1) is 0 Å². The Morgan fingerprint density at radius 2 is 2.31 bits per heavy atom. The van der Waals surface area contributed by atoms with Gasteiger partial charge in [-0.2, -0.15) is 0 Å². The number of likely N-dealkylation sites (N-methyl/N-ethyl adjacent to an activating group) is 1. The predicted octanol–water partition coefficient (Wildman–Crippen LogP) is 0.836. The van der Waals surface area contributed by atoms with Crippen LogP contribution in [0, 0.1) is 0 Å². The van der Waals surface area contributed by atoms with Crippen LogP contribution in [0.15, 0.2) is 0 Å². The van der Waals surface area contributed by atoms with Gasteiger partial charge in [0.05, 0.1) is 6.61 Å². The molecule has 1 heterocycles. The summed E-state index contributed by atoms with van der Waals surface area (Å²) in [6, 6.07) is 0.645. The molecule has 1 saturated heterocycles. The maximum absolute atomic E-state index is 5.56. The van der Waals surface area contributed by atoms with Crippen molar-refractivity contribution in [1.82, 2.24) is 4.90 Å². The van der Waals surface area contributed by atoms with Crippen molar-refractivity contribution < 1.29 is 4.74 Å². The smallest absolute Gasteiger partial charge is 0.0621 e. The van der Waals surface area contributed by atoms with Gasteiger partial charge >= 0.3 is 0 Å². The normalized spacial score (nSPS) is 24.9. The zero-order valence-electron chi connectivity index (χ0n) is 8.67. The van der Waals surface area contributed by atoms with E-state index < -0.39 is 0 Å². The first-order valence-corrected chi connectivity index (χ1v) is 5.32. The first-order chi connectivity index (χ1) is 6.34. The third kappa shape index (κ3) is 4.07. The molecule has 1 atom stereocenters. The maximum atomic E-state index is 5.56. The van der Waals surface area contributed by atoms with Crippen LogP contribution in [-0.4, -0.2) is 44.3 Å². The molecular formula is C10H22N2O. The van der Waals surface area contributed by atoms with E-state index in [4.69, 9.17) is 10.5 Å². The molecule has 1 aliphatic rings. The molecule has 1 rings (SSSR count). The SMILES string of the molecule is CN1CCCCC1COCCCN. The lowest BCUT2D eigenvalue weighted by atomic mass is 10.0. The molecule has 0 radical (unpaired) electrons. The monoisotopic (exact) mass is 186 g/mol. The molecule has 0 bridgehead atoms. The molecule has 0 amide bonds. The van der Waals surface area contributed by atoms with Gasteiger partial charge in [0.15, 0.2) is 0 Å². The Morgan fingerprint density at radius 3 is 3.00 bits per heavy atom. The van der Waals surface area contributed by atoms with Crippen LogP contribution in [0.5, 0.6) is 0 Å². The van der Waals surface area contributed by atoms with Crippen molar-refractivity contribution in [2.45, 2.75) is 31.7 Å². The van der Waals surface area contributed by atoms with Gasteiger partial charge in [-0.25, -0.2) is 0 Å². The van der Waals surface area contributed by atoms with E-state index in [1.807, 2.05) is 0 Å². The van der Waals surface area contributed by atoms with E-state index in [9.17, 15) is 0 Å². The molecular weight excluding hydrogens is 164 g/mol. The van der Waals surface area contributed by atoms with Crippen molar-refractivity contribution >= 4 is 0 Å². The number of nitrogens with zero attached hydrogens (tertiary/aromatic N) is 1. The summed E-state index contributed by atoms with van der Waals surface area (Å²) < 4.78 is 5.56. The molecule has 0 aliphatic carbocycles. The van der Waals surface area contributed by atoms with E-state index in [2.05, 4.69) is 11.9 Å². The van der Waals surface area contributed by atoms with Crippen molar-refractivity contribution in [3.63, 3.8) is 0 Å². The zero-order chi connectivity index (χ0) is 9.52. The Kier molecular flexibility index (Phi) is 5.35. The molecule has 0 aromatic heterocycles. The Labute approximate surface area is 81.2 Å². The van der Waals surface area contributed by atoms with Crippen molar-refractivity contribution in [3.8, 4) is 0 Å². The minimum absolute atomic E-state index is 0.645. The third-order valence-electron chi connectivity index (χ3n) is 2.72. The van der Waals surface area contributed by atoms with Gasteiger partial charge < -0.3 is 15.4 Å². The second kappa shape index (κ2) is 6.35. The molecule has 78 valence electrons. The van der Waals surface area contributed by atoms with Crippen LogP contribution >= 0.6 is 0 Å². The Balaban J connectivity index is 2.05. The van der Waals surface area contributed by atoms with Gasteiger partial charge in [-0.05, 0) is 39.4 Å². The van der Waals surface area contributed by atoms with Crippen LogP contribution in [0.4, 0.5) is 0 Å². The highest BCUT2D eigenvalue weighted by molar-refractivity contribution is 4.73. The van der Waals surface area contributed by atoms with Gasteiger partial charge in [-0.3, -0.25) is 0 Å². The van der Waals surface area contributed by atoms with Gasteiger partial charge in [0.25, 0.3) is 0 Å². The van der Waals surface area contributed by atoms with Crippen LogP contribution < -0.4 is 5.73 Å². The fraction of sp³-hybridized carbons (Fsp3) is 1.00. The van der Waals surface area contributed by atoms with E-state index in [-0.39, 0.29) is 0 Å². The van der Waals surface area contributed by atoms with E-state index in [0.29, 0.717) is 6.04 Å². The number of likely N-dealkylation sites (tertiary alicyclic amines) is 1. The number of hydrogen-bond donors (Lipinski definition) is 1. The Morgan fingerprint density at radius 1 is 1.46 bits per heavy atom. The van der Waals surface area contributed by atoms with Crippen LogP contribution in [0.3, 0.4) is 0 Å². The lowest BCUT2D eigenvalue weighted by Gasteiger charge is -2.32. The molecule has 0 spiro atoms. The highest BCUT2D eigenvalue weighted by Crippen LogP contribution is 2.14. The van der Waals surface area contributed by atoms with Crippen LogP contribution in [-0.2, 0) is 4.74 Å². The largest absolute Gasteiger partial charge is 0.380 e. The number of hydrogen-bond acceptors (Lipinski definition) is 3. The zero-order valence-corrected chi connectivity index (χ0v) is 8.67. The molecule has 0 aromatic rings. The number of ether oxygens (including phenoxy) is 1. The summed E-state index contributed by atoms with van der Waals surface area (Å²) in [5.74, 6) is 0. The van der Waals surface area contributed by atoms with Crippen molar-refractivity contribution in [3.05, 3.63) is 0 Å². The first-order valence-electron chi connectivity index (χ1n) is 5.32. The maximum Gasteiger partial charge on any atom is 0.0621 e. The molecule has 1 unspecified atom stereocenters. The first kappa shape index (κ1) is 11.0. The van der Waals surface area contributed by atoms with E-state index in [0.717, 1.165) is 26.2 Å². The highest BCUT2D eigenvalue weighted by atomic mass is 16.5. The molecule has 0 saturated carbocycles. The van der Waals surface area contributed by atoms with Crippen molar-refractivity contribution in [2.24, 2.45) is 5.73 Å². The fourth-order valence-electron chi connectivity index (χ4n) is 1.76. The van der Waals surface area contributed by atoms with Crippen molar-refractivity contribution in [1.29, 1.82) is 0 Å². The van der Waals surface area contributed by atoms with Crippen molar-refractivity contribution in [2.75, 3.05) is 33.4 Å². The number of nitrogens with two attached hydrogens (primary N) is 1. The Bertz CT molecular complexity index is 130. The highest BCUT2D eigenvalue weighted by Gasteiger charge is 2.18. The second-order valence-corrected chi connectivity index (χ2v) is 3.85. The summed E-state index contributed by atoms with van der Waals surface area (Å²) in [5, 5.41) is 0. The van der Waals surface area contributed by atoms with Gasteiger partial charge in [-0.1, -0.05) is 6.42 Å². The third-order valence-corrected chi connectivity index (χ3v) is 2.72. The summed E-state index contributed by atoms with van der Waals surface area (Å²) in [7, 11) is 2.19. The average Bonchev–Trinajstić information content (AvgIpc) is 2.15. The van der Waals surface area contributed by atoms with E-state index in [1.54, 1.807) is 0 Å². The molecule has 0 aromatic carbocycles. The minimum atomic E-state index is 0.645. The Hall–Kier alpha value is -0.120. The van der Waals surface area contributed by atoms with Gasteiger partial charge in [0.2, 0.25) is 0 Å². The predicted molar refractivity (Wildman–Crippen MR) is 54.8 cm³/mol. The topological polar surface area (TPSA) is 38.5 Å². The summed E-state index contributed by atoms with van der Waals surface area (Å²) in [6.45, 7) is 3.67. The van der Waals surface area contributed by atoms with Crippen LogP contribution in [0.25, 0.3) is 0 Å².